The van der Waals surface area contributed by atoms with Crippen molar-refractivity contribution >= 4 is 7.60 Å². The van der Waals surface area contributed by atoms with Crippen molar-refractivity contribution in [3.8, 4) is 0 Å². The summed E-state index contributed by atoms with van der Waals surface area (Å²) in [6.07, 6.45) is -0.788. The average molecular weight is 360 g/mol. The van der Waals surface area contributed by atoms with Crippen molar-refractivity contribution in [1.29, 1.82) is 0 Å². The minimum Gasteiger partial charge on any atom is -0.494 e. The Balaban J connectivity index is 2.52. The van der Waals surface area contributed by atoms with E-state index in [2.05, 4.69) is 4.98 Å². The number of hydrogen-bond donors (Lipinski definition) is 3. The number of aromatic amines is 1. The van der Waals surface area contributed by atoms with Crippen molar-refractivity contribution in [2.45, 2.75) is 19.3 Å². The lowest BCUT2D eigenvalue weighted by Gasteiger charge is -2.17. The zero-order valence-electron chi connectivity index (χ0n) is 13.1. The van der Waals surface area contributed by atoms with Crippen LogP contribution < -0.4 is 11.2 Å². The van der Waals surface area contributed by atoms with Crippen molar-refractivity contribution < 1.29 is 28.6 Å². The van der Waals surface area contributed by atoms with Crippen LogP contribution in [0.4, 0.5) is 0 Å². The Kier molecular flexibility index (Phi) is 5.14. The average Bonchev–Trinajstić information content (AvgIpc) is 2.83. The fourth-order valence-electron chi connectivity index (χ4n) is 2.36. The Morgan fingerprint density at radius 2 is 1.96 bits per heavy atom. The molecular formula is C13H17N2O8P. The van der Waals surface area contributed by atoms with E-state index in [1.54, 1.807) is 0 Å². The Labute approximate surface area is 136 Å². The summed E-state index contributed by atoms with van der Waals surface area (Å²) >= 11 is 0. The first-order chi connectivity index (χ1) is 11.2. The molecule has 1 aliphatic rings. The molecule has 3 N–H and O–H groups in total. The van der Waals surface area contributed by atoms with E-state index < -0.39 is 31.2 Å². The summed E-state index contributed by atoms with van der Waals surface area (Å²) in [6.45, 7) is 1.45. The third-order valence-electron chi connectivity index (χ3n) is 3.30. The minimum absolute atomic E-state index is 0.148. The van der Waals surface area contributed by atoms with E-state index in [4.69, 9.17) is 24.0 Å². The molecule has 0 unspecified atom stereocenters. The van der Waals surface area contributed by atoms with Crippen molar-refractivity contribution in [2.24, 2.45) is 0 Å². The highest BCUT2D eigenvalue weighted by Crippen LogP contribution is 2.43. The molecule has 132 valence electrons. The maximum atomic E-state index is 12.0. The molecule has 11 heteroatoms. The maximum absolute atomic E-state index is 12.0. The number of ether oxygens (including phenoxy) is 3. The number of rotatable bonds is 5. The van der Waals surface area contributed by atoms with Gasteiger partial charge in [-0.05, 0) is 12.5 Å². The summed E-state index contributed by atoms with van der Waals surface area (Å²) in [5.74, 6) is 1.07. The van der Waals surface area contributed by atoms with Gasteiger partial charge in [0.05, 0.1) is 14.2 Å². The van der Waals surface area contributed by atoms with E-state index in [1.165, 1.54) is 27.3 Å². The SMILES string of the molecule is COC1=C(OC)[C@@H](/C(C)=C/P(=O)(O)O)O[C@H]1n1ccc(=O)[nH]c1=O. The standard InChI is InChI=1S/C13H17N2O8P/c1-7(6-24(18,19)20)9-10(21-2)11(22-3)12(23-9)15-5-4-8(16)14-13(15)17/h4-6,9,12H,1-3H3,(H,14,16,17)(H2,18,19,20)/b7-6+/t9-,12-/m1/s1. The van der Waals surface area contributed by atoms with Gasteiger partial charge in [0.15, 0.2) is 11.5 Å². The fourth-order valence-corrected chi connectivity index (χ4v) is 3.03. The second kappa shape index (κ2) is 6.78. The molecule has 0 spiro atoms. The van der Waals surface area contributed by atoms with Crippen LogP contribution in [-0.2, 0) is 18.8 Å². The van der Waals surface area contributed by atoms with Crippen LogP contribution in [0.3, 0.4) is 0 Å². The van der Waals surface area contributed by atoms with E-state index in [-0.39, 0.29) is 17.1 Å². The quantitative estimate of drug-likeness (QED) is 0.624. The fraction of sp³-hybridized carbons (Fsp3) is 0.385. The van der Waals surface area contributed by atoms with Gasteiger partial charge in [0.25, 0.3) is 5.56 Å². The number of nitrogens with one attached hydrogen (secondary N) is 1. The highest BCUT2D eigenvalue weighted by molar-refractivity contribution is 7.55. The lowest BCUT2D eigenvalue weighted by molar-refractivity contribution is -0.00570. The van der Waals surface area contributed by atoms with Crippen LogP contribution in [0.2, 0.25) is 0 Å². The maximum Gasteiger partial charge on any atom is 0.349 e. The lowest BCUT2D eigenvalue weighted by atomic mass is 10.1. The highest BCUT2D eigenvalue weighted by atomic mass is 31.2. The number of hydrogen-bond acceptors (Lipinski definition) is 6. The largest absolute Gasteiger partial charge is 0.494 e. The molecule has 2 atom stereocenters. The third kappa shape index (κ3) is 3.68. The predicted molar refractivity (Wildman–Crippen MR) is 82.1 cm³/mol. The predicted octanol–water partition coefficient (Wildman–Crippen LogP) is 0.0199. The Morgan fingerprint density at radius 3 is 2.46 bits per heavy atom. The first-order valence-electron chi connectivity index (χ1n) is 6.71. The molecule has 0 aliphatic carbocycles. The monoisotopic (exact) mass is 360 g/mol. The van der Waals surface area contributed by atoms with Crippen molar-refractivity contribution in [1.82, 2.24) is 9.55 Å². The smallest absolute Gasteiger partial charge is 0.349 e. The van der Waals surface area contributed by atoms with Crippen LogP contribution in [0.15, 0.2) is 44.8 Å². The van der Waals surface area contributed by atoms with Crippen molar-refractivity contribution in [3.05, 3.63) is 56.0 Å². The van der Waals surface area contributed by atoms with Gasteiger partial charge in [-0.2, -0.15) is 0 Å². The topological polar surface area (TPSA) is 140 Å². The summed E-state index contributed by atoms with van der Waals surface area (Å²) in [4.78, 5) is 43.4. The van der Waals surface area contributed by atoms with Gasteiger partial charge in [-0.1, -0.05) is 0 Å². The van der Waals surface area contributed by atoms with Gasteiger partial charge < -0.3 is 24.0 Å². The van der Waals surface area contributed by atoms with Crippen LogP contribution in [0, 0.1) is 0 Å². The van der Waals surface area contributed by atoms with Crippen molar-refractivity contribution in [3.63, 3.8) is 0 Å². The second-order valence-corrected chi connectivity index (χ2v) is 6.42. The summed E-state index contributed by atoms with van der Waals surface area (Å²) in [5.41, 5.74) is -1.11. The van der Waals surface area contributed by atoms with Gasteiger partial charge >= 0.3 is 13.3 Å². The van der Waals surface area contributed by atoms with E-state index in [1.807, 2.05) is 0 Å². The first-order valence-corrected chi connectivity index (χ1v) is 8.39. The van der Waals surface area contributed by atoms with Gasteiger partial charge in [0.2, 0.25) is 6.23 Å². The third-order valence-corrected chi connectivity index (χ3v) is 4.04. The molecule has 0 saturated heterocycles. The molecule has 0 saturated carbocycles. The lowest BCUT2D eigenvalue weighted by Crippen LogP contribution is -2.33. The summed E-state index contributed by atoms with van der Waals surface area (Å²) in [7, 11) is -1.74. The number of methoxy groups -OCH3 is 2. The molecule has 1 aromatic rings. The molecule has 2 rings (SSSR count). The normalized spacial score (nSPS) is 22.0. The molecule has 1 aliphatic heterocycles. The highest BCUT2D eigenvalue weighted by Gasteiger charge is 2.40. The van der Waals surface area contributed by atoms with Crippen LogP contribution in [0.5, 0.6) is 0 Å². The van der Waals surface area contributed by atoms with Gasteiger partial charge in [-0.25, -0.2) is 4.79 Å². The van der Waals surface area contributed by atoms with Crippen LogP contribution >= 0.6 is 7.60 Å². The molecule has 10 nitrogen and oxygen atoms in total. The zero-order chi connectivity index (χ0) is 18.1. The van der Waals surface area contributed by atoms with Crippen LogP contribution in [0.25, 0.3) is 0 Å². The summed E-state index contributed by atoms with van der Waals surface area (Å²) < 4.78 is 28.4. The van der Waals surface area contributed by atoms with E-state index in [0.29, 0.717) is 0 Å². The molecular weight excluding hydrogens is 343 g/mol. The molecule has 0 fully saturated rings. The van der Waals surface area contributed by atoms with Crippen LogP contribution in [-0.4, -0.2) is 39.7 Å². The minimum atomic E-state index is -4.42. The Hall–Kier alpha value is -2.13. The molecule has 0 bridgehead atoms. The molecule has 0 aromatic carbocycles. The molecule has 1 aromatic heterocycles. The number of nitrogens with zero attached hydrogens (tertiary/aromatic N) is 1. The number of H-pyrrole nitrogens is 1. The van der Waals surface area contributed by atoms with Gasteiger partial charge in [0.1, 0.15) is 6.10 Å². The van der Waals surface area contributed by atoms with E-state index in [0.717, 1.165) is 16.5 Å². The molecule has 0 radical (unpaired) electrons. The van der Waals surface area contributed by atoms with E-state index >= 15 is 0 Å². The van der Waals surface area contributed by atoms with Gasteiger partial charge in [-0.15, -0.1) is 0 Å². The van der Waals surface area contributed by atoms with Crippen molar-refractivity contribution in [2.75, 3.05) is 14.2 Å². The Morgan fingerprint density at radius 1 is 1.33 bits per heavy atom. The van der Waals surface area contributed by atoms with Gasteiger partial charge in [-0.3, -0.25) is 18.9 Å². The van der Waals surface area contributed by atoms with Crippen LogP contribution in [0.1, 0.15) is 13.2 Å². The van der Waals surface area contributed by atoms with E-state index in [9.17, 15) is 14.2 Å². The first kappa shape index (κ1) is 18.2. The summed E-state index contributed by atoms with van der Waals surface area (Å²) in [5, 5.41) is 0. The Bertz CT molecular complexity index is 846. The zero-order valence-corrected chi connectivity index (χ0v) is 14.0. The molecule has 0 amide bonds. The molecule has 2 heterocycles. The summed E-state index contributed by atoms with van der Waals surface area (Å²) in [6, 6.07) is 1.14. The number of aromatic nitrogens is 2. The second-order valence-electron chi connectivity index (χ2n) is 4.98. The molecule has 24 heavy (non-hydrogen) atoms. The van der Waals surface area contributed by atoms with Gasteiger partial charge in [0, 0.05) is 18.1 Å².